The first kappa shape index (κ1) is 18.6. The molecule has 0 saturated carbocycles. The zero-order valence-corrected chi connectivity index (χ0v) is 14.4. The number of thiazole rings is 1. The lowest BCUT2D eigenvalue weighted by molar-refractivity contribution is -0.124. The van der Waals surface area contributed by atoms with Crippen LogP contribution in [0, 0.1) is 5.82 Å². The maximum Gasteiger partial charge on any atom is 0.358 e. The van der Waals surface area contributed by atoms with E-state index in [0.29, 0.717) is 11.7 Å². The molecule has 1 amide bonds. The summed E-state index contributed by atoms with van der Waals surface area (Å²) in [5.41, 5.74) is 0.884. The highest BCUT2D eigenvalue weighted by molar-refractivity contribution is 7.13. The minimum absolute atomic E-state index is 0.135. The SMILES string of the molecule is C=CCNc1nc(C(=O)OCC(=O)NC(C)c2ccc(F)cc2)cs1. The van der Waals surface area contributed by atoms with Crippen LogP contribution in [0.5, 0.6) is 0 Å². The van der Waals surface area contributed by atoms with Gasteiger partial charge in [-0.3, -0.25) is 4.79 Å². The minimum Gasteiger partial charge on any atom is -0.451 e. The van der Waals surface area contributed by atoms with Crippen molar-refractivity contribution in [2.75, 3.05) is 18.5 Å². The fourth-order valence-electron chi connectivity index (χ4n) is 1.93. The van der Waals surface area contributed by atoms with E-state index in [4.69, 9.17) is 4.74 Å². The molecule has 1 aromatic carbocycles. The number of benzene rings is 1. The van der Waals surface area contributed by atoms with Gasteiger partial charge >= 0.3 is 5.97 Å². The molecule has 25 heavy (non-hydrogen) atoms. The Balaban J connectivity index is 1.80. The molecular formula is C17H18FN3O3S. The number of anilines is 1. The Hall–Kier alpha value is -2.74. The third-order valence-electron chi connectivity index (χ3n) is 3.19. The summed E-state index contributed by atoms with van der Waals surface area (Å²) in [6.45, 7) is 5.44. The number of halogens is 1. The number of hydrogen-bond donors (Lipinski definition) is 2. The number of amides is 1. The number of nitrogens with zero attached hydrogens (tertiary/aromatic N) is 1. The Bertz CT molecular complexity index is 746. The fraction of sp³-hybridized carbons (Fsp3) is 0.235. The van der Waals surface area contributed by atoms with Gasteiger partial charge in [-0.05, 0) is 24.6 Å². The van der Waals surface area contributed by atoms with Crippen LogP contribution in [0.15, 0.2) is 42.3 Å². The second-order valence-corrected chi connectivity index (χ2v) is 5.98. The van der Waals surface area contributed by atoms with E-state index in [1.807, 2.05) is 0 Å². The van der Waals surface area contributed by atoms with E-state index in [1.54, 1.807) is 30.5 Å². The molecule has 2 N–H and O–H groups in total. The van der Waals surface area contributed by atoms with Crippen LogP contribution in [0.25, 0.3) is 0 Å². The molecule has 6 nitrogen and oxygen atoms in total. The molecule has 0 bridgehead atoms. The van der Waals surface area contributed by atoms with Gasteiger partial charge in [-0.1, -0.05) is 18.2 Å². The zero-order valence-electron chi connectivity index (χ0n) is 13.6. The quantitative estimate of drug-likeness (QED) is 0.557. The summed E-state index contributed by atoms with van der Waals surface area (Å²) in [6.07, 6.45) is 1.67. The fourth-order valence-corrected chi connectivity index (χ4v) is 2.62. The van der Waals surface area contributed by atoms with Crippen molar-refractivity contribution in [3.8, 4) is 0 Å². The molecule has 0 spiro atoms. The van der Waals surface area contributed by atoms with Crippen molar-refractivity contribution in [2.24, 2.45) is 0 Å². The van der Waals surface area contributed by atoms with Gasteiger partial charge in [0, 0.05) is 11.9 Å². The highest BCUT2D eigenvalue weighted by atomic mass is 32.1. The van der Waals surface area contributed by atoms with E-state index in [0.717, 1.165) is 5.56 Å². The maximum absolute atomic E-state index is 12.9. The predicted molar refractivity (Wildman–Crippen MR) is 94.0 cm³/mol. The van der Waals surface area contributed by atoms with Crippen molar-refractivity contribution < 1.29 is 18.7 Å². The molecule has 1 unspecified atom stereocenters. The smallest absolute Gasteiger partial charge is 0.358 e. The van der Waals surface area contributed by atoms with Crippen LogP contribution in [0.4, 0.5) is 9.52 Å². The second kappa shape index (κ2) is 8.93. The summed E-state index contributed by atoms with van der Waals surface area (Å²) in [5, 5.41) is 7.75. The van der Waals surface area contributed by atoms with Crippen molar-refractivity contribution in [1.82, 2.24) is 10.3 Å². The number of nitrogens with one attached hydrogen (secondary N) is 2. The van der Waals surface area contributed by atoms with Crippen LogP contribution in [0.2, 0.25) is 0 Å². The molecule has 2 aromatic rings. The first-order chi connectivity index (χ1) is 12.0. The lowest BCUT2D eigenvalue weighted by Crippen LogP contribution is -2.31. The lowest BCUT2D eigenvalue weighted by atomic mass is 10.1. The Morgan fingerprint density at radius 3 is 2.80 bits per heavy atom. The van der Waals surface area contributed by atoms with Gasteiger partial charge in [0.25, 0.3) is 5.91 Å². The van der Waals surface area contributed by atoms with Crippen LogP contribution >= 0.6 is 11.3 Å². The summed E-state index contributed by atoms with van der Waals surface area (Å²) in [4.78, 5) is 27.8. The van der Waals surface area contributed by atoms with Crippen LogP contribution < -0.4 is 10.6 Å². The van der Waals surface area contributed by atoms with E-state index < -0.39 is 18.5 Å². The average Bonchev–Trinajstić information content (AvgIpc) is 3.07. The molecule has 132 valence electrons. The predicted octanol–water partition coefficient (Wildman–Crippen LogP) is 2.91. The van der Waals surface area contributed by atoms with Gasteiger partial charge < -0.3 is 15.4 Å². The van der Waals surface area contributed by atoms with E-state index >= 15 is 0 Å². The molecule has 1 aromatic heterocycles. The number of carbonyl (C=O) groups excluding carboxylic acids is 2. The summed E-state index contributed by atoms with van der Waals surface area (Å²) >= 11 is 1.26. The standard InChI is InChI=1S/C17H18FN3O3S/c1-3-8-19-17-21-14(10-25-17)16(23)24-9-15(22)20-11(2)12-4-6-13(18)7-5-12/h3-7,10-11H,1,8-9H2,2H3,(H,19,21)(H,20,22). The largest absolute Gasteiger partial charge is 0.451 e. The summed E-state index contributed by atoms with van der Waals surface area (Å²) < 4.78 is 17.8. The topological polar surface area (TPSA) is 80.3 Å². The van der Waals surface area contributed by atoms with Crippen molar-refractivity contribution in [1.29, 1.82) is 0 Å². The van der Waals surface area contributed by atoms with E-state index in [1.165, 1.54) is 23.5 Å². The molecule has 2 rings (SSSR count). The lowest BCUT2D eigenvalue weighted by Gasteiger charge is -2.14. The van der Waals surface area contributed by atoms with Crippen LogP contribution in [0.1, 0.15) is 29.0 Å². The molecule has 0 aliphatic carbocycles. The zero-order chi connectivity index (χ0) is 18.2. The Morgan fingerprint density at radius 2 is 2.12 bits per heavy atom. The molecule has 1 heterocycles. The molecule has 0 aliphatic rings. The van der Waals surface area contributed by atoms with E-state index in [2.05, 4.69) is 22.2 Å². The van der Waals surface area contributed by atoms with Crippen molar-refractivity contribution in [3.63, 3.8) is 0 Å². The normalized spacial score (nSPS) is 11.4. The number of carbonyl (C=O) groups is 2. The van der Waals surface area contributed by atoms with Crippen molar-refractivity contribution in [2.45, 2.75) is 13.0 Å². The number of esters is 1. The molecule has 8 heteroatoms. The minimum atomic E-state index is -0.674. The van der Waals surface area contributed by atoms with E-state index in [-0.39, 0.29) is 17.6 Å². The molecule has 0 radical (unpaired) electrons. The van der Waals surface area contributed by atoms with Crippen LogP contribution in [-0.2, 0) is 9.53 Å². The van der Waals surface area contributed by atoms with Crippen LogP contribution in [0.3, 0.4) is 0 Å². The van der Waals surface area contributed by atoms with Crippen molar-refractivity contribution in [3.05, 3.63) is 59.4 Å². The third-order valence-corrected chi connectivity index (χ3v) is 3.99. The number of hydrogen-bond acceptors (Lipinski definition) is 6. The van der Waals surface area contributed by atoms with Gasteiger partial charge in [0.15, 0.2) is 17.4 Å². The molecule has 0 saturated heterocycles. The highest BCUT2D eigenvalue weighted by Crippen LogP contribution is 2.16. The monoisotopic (exact) mass is 363 g/mol. The first-order valence-corrected chi connectivity index (χ1v) is 8.40. The highest BCUT2D eigenvalue weighted by Gasteiger charge is 2.15. The van der Waals surface area contributed by atoms with Gasteiger partial charge in [-0.2, -0.15) is 0 Å². The summed E-state index contributed by atoms with van der Waals surface area (Å²) in [7, 11) is 0. The second-order valence-electron chi connectivity index (χ2n) is 5.12. The first-order valence-electron chi connectivity index (χ1n) is 7.52. The van der Waals surface area contributed by atoms with Gasteiger partial charge in [-0.15, -0.1) is 17.9 Å². The van der Waals surface area contributed by atoms with Gasteiger partial charge in [0.05, 0.1) is 6.04 Å². The van der Waals surface area contributed by atoms with Gasteiger partial charge in [-0.25, -0.2) is 14.2 Å². The Labute approximate surface area is 148 Å². The van der Waals surface area contributed by atoms with Crippen molar-refractivity contribution >= 4 is 28.3 Å². The summed E-state index contributed by atoms with van der Waals surface area (Å²) in [5.74, 6) is -1.47. The summed E-state index contributed by atoms with van der Waals surface area (Å²) in [6, 6.07) is 5.47. The average molecular weight is 363 g/mol. The molecule has 1 atom stereocenters. The van der Waals surface area contributed by atoms with E-state index in [9.17, 15) is 14.0 Å². The number of rotatable bonds is 8. The Morgan fingerprint density at radius 1 is 1.40 bits per heavy atom. The van der Waals surface area contributed by atoms with Gasteiger partial charge in [0.2, 0.25) is 0 Å². The molecule has 0 fully saturated rings. The number of ether oxygens (including phenoxy) is 1. The third kappa shape index (κ3) is 5.68. The Kier molecular flexibility index (Phi) is 6.64. The maximum atomic E-state index is 12.9. The number of aromatic nitrogens is 1. The molecular weight excluding hydrogens is 345 g/mol. The van der Waals surface area contributed by atoms with Gasteiger partial charge in [0.1, 0.15) is 5.82 Å². The molecule has 0 aliphatic heterocycles. The van der Waals surface area contributed by atoms with Crippen LogP contribution in [-0.4, -0.2) is 30.0 Å².